The van der Waals surface area contributed by atoms with Crippen LogP contribution in [-0.4, -0.2) is 37.3 Å². The summed E-state index contributed by atoms with van der Waals surface area (Å²) in [5.74, 6) is 1.78. The molecule has 92 valence electrons. The maximum absolute atomic E-state index is 6.12. The zero-order valence-electron chi connectivity index (χ0n) is 9.87. The minimum absolute atomic E-state index is 0.469. The number of aromatic nitrogens is 1. The van der Waals surface area contributed by atoms with Crippen molar-refractivity contribution in [2.24, 2.45) is 0 Å². The molecule has 1 fully saturated rings. The predicted molar refractivity (Wildman–Crippen MR) is 68.1 cm³/mol. The topological polar surface area (TPSA) is 37.4 Å². The molecule has 5 heteroatoms. The van der Waals surface area contributed by atoms with Crippen LogP contribution >= 0.6 is 11.6 Å². The second-order valence-corrected chi connectivity index (χ2v) is 4.96. The lowest BCUT2D eigenvalue weighted by molar-refractivity contribution is 0.303. The van der Waals surface area contributed by atoms with Crippen molar-refractivity contribution >= 4 is 17.4 Å². The van der Waals surface area contributed by atoms with Gasteiger partial charge < -0.3 is 15.0 Å². The van der Waals surface area contributed by atoms with Gasteiger partial charge in [0.2, 0.25) is 0 Å². The first-order valence-corrected chi connectivity index (χ1v) is 6.41. The number of nitrogens with zero attached hydrogens (tertiary/aromatic N) is 2. The molecule has 0 aliphatic carbocycles. The molecule has 3 heterocycles. The highest BCUT2D eigenvalue weighted by Gasteiger charge is 2.29. The fourth-order valence-electron chi connectivity index (χ4n) is 2.47. The van der Waals surface area contributed by atoms with Gasteiger partial charge in [-0.1, -0.05) is 11.6 Å². The zero-order valence-corrected chi connectivity index (χ0v) is 10.6. The van der Waals surface area contributed by atoms with E-state index in [1.165, 1.54) is 0 Å². The summed E-state index contributed by atoms with van der Waals surface area (Å²) in [5, 5.41) is 3.99. The van der Waals surface area contributed by atoms with Crippen molar-refractivity contribution in [3.05, 3.63) is 16.8 Å². The Morgan fingerprint density at radius 1 is 1.59 bits per heavy atom. The van der Waals surface area contributed by atoms with E-state index < -0.39 is 0 Å². The van der Waals surface area contributed by atoms with E-state index in [0.717, 1.165) is 49.8 Å². The molecule has 1 saturated heterocycles. The van der Waals surface area contributed by atoms with Crippen molar-refractivity contribution in [2.45, 2.75) is 19.4 Å². The van der Waals surface area contributed by atoms with Crippen LogP contribution in [0, 0.1) is 6.92 Å². The van der Waals surface area contributed by atoms with Gasteiger partial charge in [0, 0.05) is 32.1 Å². The molecule has 0 saturated carbocycles. The SMILES string of the molecule is Cc1cc2c(nc1Cl)N1CCNC[C@@H]1CCO2. The molecule has 1 atom stereocenters. The molecule has 2 aliphatic rings. The highest BCUT2D eigenvalue weighted by atomic mass is 35.5. The van der Waals surface area contributed by atoms with Crippen LogP contribution in [-0.2, 0) is 0 Å². The predicted octanol–water partition coefficient (Wildman–Crippen LogP) is 1.60. The lowest BCUT2D eigenvalue weighted by atomic mass is 10.1. The molecule has 0 bridgehead atoms. The largest absolute Gasteiger partial charge is 0.490 e. The van der Waals surface area contributed by atoms with Gasteiger partial charge in [-0.25, -0.2) is 4.98 Å². The number of aryl methyl sites for hydroxylation is 1. The minimum Gasteiger partial charge on any atom is -0.490 e. The summed E-state index contributed by atoms with van der Waals surface area (Å²) in [4.78, 5) is 6.82. The van der Waals surface area contributed by atoms with Crippen LogP contribution in [0.15, 0.2) is 6.07 Å². The Balaban J connectivity index is 2.05. The molecule has 0 amide bonds. The second kappa shape index (κ2) is 4.35. The third kappa shape index (κ3) is 1.96. The number of rotatable bonds is 0. The molecule has 1 aromatic rings. The van der Waals surface area contributed by atoms with Crippen LogP contribution in [0.1, 0.15) is 12.0 Å². The number of fused-ring (bicyclic) bond motifs is 3. The van der Waals surface area contributed by atoms with Crippen molar-refractivity contribution in [3.8, 4) is 5.75 Å². The third-order valence-electron chi connectivity index (χ3n) is 3.43. The summed E-state index contributed by atoms with van der Waals surface area (Å²) in [6, 6.07) is 2.46. The molecule has 1 N–H and O–H groups in total. The van der Waals surface area contributed by atoms with E-state index in [9.17, 15) is 0 Å². The Hall–Kier alpha value is -1.00. The molecule has 3 rings (SSSR count). The minimum atomic E-state index is 0.469. The van der Waals surface area contributed by atoms with Gasteiger partial charge in [-0.2, -0.15) is 0 Å². The van der Waals surface area contributed by atoms with E-state index in [-0.39, 0.29) is 0 Å². The van der Waals surface area contributed by atoms with Gasteiger partial charge >= 0.3 is 0 Å². The van der Waals surface area contributed by atoms with E-state index in [0.29, 0.717) is 11.2 Å². The van der Waals surface area contributed by atoms with E-state index >= 15 is 0 Å². The van der Waals surface area contributed by atoms with Crippen LogP contribution in [0.2, 0.25) is 5.15 Å². The maximum atomic E-state index is 6.12. The molecule has 2 aliphatic heterocycles. The van der Waals surface area contributed by atoms with E-state index in [1.54, 1.807) is 0 Å². The first-order chi connectivity index (χ1) is 8.25. The van der Waals surface area contributed by atoms with Crippen LogP contribution in [0.5, 0.6) is 5.75 Å². The van der Waals surface area contributed by atoms with Crippen LogP contribution in [0.4, 0.5) is 5.82 Å². The molecule has 1 aromatic heterocycles. The number of ether oxygens (including phenoxy) is 1. The first kappa shape index (κ1) is 11.1. The molecule has 0 radical (unpaired) electrons. The fraction of sp³-hybridized carbons (Fsp3) is 0.583. The average Bonchev–Trinajstić information content (AvgIpc) is 2.50. The van der Waals surface area contributed by atoms with Crippen molar-refractivity contribution in [2.75, 3.05) is 31.1 Å². The molecule has 0 spiro atoms. The highest BCUT2D eigenvalue weighted by Crippen LogP contribution is 2.34. The van der Waals surface area contributed by atoms with Gasteiger partial charge in [-0.05, 0) is 18.6 Å². The standard InChI is InChI=1S/C12H16ClN3O/c1-8-6-10-12(15-11(8)13)16-4-3-14-7-9(16)2-5-17-10/h6,9,14H,2-5,7H2,1H3/t9-/m0/s1. The number of pyridine rings is 1. The third-order valence-corrected chi connectivity index (χ3v) is 3.81. The van der Waals surface area contributed by atoms with E-state index in [1.807, 2.05) is 13.0 Å². The monoisotopic (exact) mass is 253 g/mol. The van der Waals surface area contributed by atoms with Gasteiger partial charge in [0.25, 0.3) is 0 Å². The summed E-state index contributed by atoms with van der Waals surface area (Å²) >= 11 is 6.12. The van der Waals surface area contributed by atoms with Gasteiger partial charge in [0.1, 0.15) is 5.15 Å². The Morgan fingerprint density at radius 2 is 2.47 bits per heavy atom. The number of halogens is 1. The lowest BCUT2D eigenvalue weighted by Gasteiger charge is -2.35. The van der Waals surface area contributed by atoms with Crippen LogP contribution in [0.25, 0.3) is 0 Å². The Morgan fingerprint density at radius 3 is 3.35 bits per heavy atom. The van der Waals surface area contributed by atoms with Crippen molar-refractivity contribution in [3.63, 3.8) is 0 Å². The Bertz CT molecular complexity index is 438. The fourth-order valence-corrected chi connectivity index (χ4v) is 2.61. The maximum Gasteiger partial charge on any atom is 0.173 e. The van der Waals surface area contributed by atoms with Crippen LogP contribution < -0.4 is 15.0 Å². The van der Waals surface area contributed by atoms with Crippen LogP contribution in [0.3, 0.4) is 0 Å². The summed E-state index contributed by atoms with van der Waals surface area (Å²) in [7, 11) is 0. The number of piperazine rings is 1. The average molecular weight is 254 g/mol. The smallest absolute Gasteiger partial charge is 0.173 e. The molecule has 0 aromatic carbocycles. The number of anilines is 1. The number of hydrogen-bond acceptors (Lipinski definition) is 4. The van der Waals surface area contributed by atoms with Crippen molar-refractivity contribution < 1.29 is 4.74 Å². The number of hydrogen-bond donors (Lipinski definition) is 1. The van der Waals surface area contributed by atoms with Gasteiger partial charge in [-0.3, -0.25) is 0 Å². The summed E-state index contributed by atoms with van der Waals surface area (Å²) in [5.41, 5.74) is 0.971. The normalized spacial score (nSPS) is 23.4. The van der Waals surface area contributed by atoms with E-state index in [4.69, 9.17) is 16.3 Å². The molecule has 0 unspecified atom stereocenters. The number of nitrogens with one attached hydrogen (secondary N) is 1. The molecular weight excluding hydrogens is 238 g/mol. The molecule has 4 nitrogen and oxygen atoms in total. The van der Waals surface area contributed by atoms with Crippen molar-refractivity contribution in [1.82, 2.24) is 10.3 Å². The first-order valence-electron chi connectivity index (χ1n) is 6.03. The van der Waals surface area contributed by atoms with Gasteiger partial charge in [0.05, 0.1) is 6.61 Å². The van der Waals surface area contributed by atoms with Gasteiger partial charge in [0.15, 0.2) is 11.6 Å². The van der Waals surface area contributed by atoms with E-state index in [2.05, 4.69) is 15.2 Å². The Labute approximate surface area is 106 Å². The quantitative estimate of drug-likeness (QED) is 0.713. The highest BCUT2D eigenvalue weighted by molar-refractivity contribution is 6.30. The van der Waals surface area contributed by atoms with Gasteiger partial charge in [-0.15, -0.1) is 0 Å². The molecular formula is C12H16ClN3O. The Kier molecular flexibility index (Phi) is 2.84. The lowest BCUT2D eigenvalue weighted by Crippen LogP contribution is -2.51. The second-order valence-electron chi connectivity index (χ2n) is 4.61. The zero-order chi connectivity index (χ0) is 11.8. The summed E-state index contributed by atoms with van der Waals surface area (Å²) in [6.45, 7) is 5.66. The van der Waals surface area contributed by atoms with Crippen molar-refractivity contribution in [1.29, 1.82) is 0 Å². The molecule has 17 heavy (non-hydrogen) atoms. The summed E-state index contributed by atoms with van der Waals surface area (Å²) < 4.78 is 5.79. The summed E-state index contributed by atoms with van der Waals surface area (Å²) in [6.07, 6.45) is 1.03.